The molecule has 10 aromatic rings. The van der Waals surface area contributed by atoms with Gasteiger partial charge in [0.05, 0.1) is 22.4 Å². The van der Waals surface area contributed by atoms with Crippen LogP contribution >= 0.6 is 0 Å². The fraction of sp³-hybridized carbons (Fsp3) is 0.264. The molecule has 0 bridgehead atoms. The zero-order valence-corrected chi connectivity index (χ0v) is 48.7. The lowest BCUT2D eigenvalue weighted by atomic mass is 9.85. The van der Waals surface area contributed by atoms with E-state index in [1.54, 1.807) is 0 Å². The van der Waals surface area contributed by atoms with Gasteiger partial charge in [-0.2, -0.15) is 0 Å². The van der Waals surface area contributed by atoms with Gasteiger partial charge in [-0.3, -0.25) is 4.57 Å². The van der Waals surface area contributed by atoms with Gasteiger partial charge in [0.2, 0.25) is 0 Å². The van der Waals surface area contributed by atoms with E-state index in [1.165, 1.54) is 93.2 Å². The Balaban J connectivity index is 1.19. The van der Waals surface area contributed by atoms with Crippen LogP contribution in [0.15, 0.2) is 200 Å². The predicted octanol–water partition coefficient (Wildman–Crippen LogP) is 16.6. The summed E-state index contributed by atoms with van der Waals surface area (Å²) in [6.45, 7) is 31.0. The van der Waals surface area contributed by atoms with Crippen molar-refractivity contribution in [3.8, 4) is 16.9 Å². The van der Waals surface area contributed by atoms with Crippen LogP contribution in [-0.2, 0) is 16.2 Å². The highest BCUT2D eigenvalue weighted by Crippen LogP contribution is 2.47. The first-order valence-corrected chi connectivity index (χ1v) is 29.9. The third-order valence-corrected chi connectivity index (χ3v) is 21.1. The highest BCUT2D eigenvalue weighted by molar-refractivity contribution is 7.20. The van der Waals surface area contributed by atoms with Crippen LogP contribution in [0.5, 0.6) is 0 Å². The van der Waals surface area contributed by atoms with Crippen LogP contribution in [-0.4, -0.2) is 24.3 Å². The van der Waals surface area contributed by atoms with Crippen LogP contribution in [0.2, 0.25) is 0 Å². The van der Waals surface area contributed by atoms with Gasteiger partial charge in [-0.05, 0) is 148 Å². The third kappa shape index (κ3) is 9.20. The van der Waals surface area contributed by atoms with Gasteiger partial charge in [0.15, 0.2) is 8.07 Å². The van der Waals surface area contributed by atoms with Crippen molar-refractivity contribution in [2.24, 2.45) is 0 Å². The van der Waals surface area contributed by atoms with E-state index in [4.69, 9.17) is 4.98 Å². The average molecular weight is 1030 g/mol. The Kier molecular flexibility index (Phi) is 13.1. The summed E-state index contributed by atoms with van der Waals surface area (Å²) in [5.74, 6) is 1.66. The van der Waals surface area contributed by atoms with E-state index >= 15 is 0 Å². The molecule has 388 valence electrons. The van der Waals surface area contributed by atoms with Crippen molar-refractivity contribution in [2.45, 2.75) is 118 Å². The standard InChI is InChI=1S/C72H76N4Si/c1-48(2)60-31-23-32-61(49(3)4)69(60)50-38-39-73-68(40-50)76-64-33-21-20-30-62(64)63-36-35-58(46-66(63)76)77(56-26-16-14-17-27-56,57-28-18-15-19-29-57)59-43-53(72(11,12)13)42-55(45-59)75-47-74(54-25-22-24-51(41-54)70(5,6)7)65-37-34-52(44-67(65)75)71(8,9)10/h14-46,48-49H,47H2,1-13H3. The molecule has 0 amide bonds. The number of rotatable bonds is 10. The number of fused-ring (bicyclic) bond motifs is 4. The van der Waals surface area contributed by atoms with Crippen molar-refractivity contribution < 1.29 is 0 Å². The first-order chi connectivity index (χ1) is 36.7. The van der Waals surface area contributed by atoms with Gasteiger partial charge in [-0.15, -0.1) is 0 Å². The lowest BCUT2D eigenvalue weighted by Gasteiger charge is -2.37. The fourth-order valence-electron chi connectivity index (χ4n) is 12.1. The highest BCUT2D eigenvalue weighted by atomic mass is 28.3. The largest absolute Gasteiger partial charge is 0.321 e. The first kappa shape index (κ1) is 51.6. The SMILES string of the molecule is CC(C)c1cccc(C(C)C)c1-c1ccnc(-n2c3ccccc3c3ccc([Si](c4ccccc4)(c4ccccc4)c4cc(N5CN(c6cccc(C(C)(C)C)c6)c6ccc(C(C)(C)C)cc65)cc(C(C)(C)C)c4)cc32)c1. The summed E-state index contributed by atoms with van der Waals surface area (Å²) in [6.07, 6.45) is 2.02. The molecule has 0 saturated carbocycles. The molecule has 0 saturated heterocycles. The van der Waals surface area contributed by atoms with E-state index in [2.05, 4.69) is 298 Å². The van der Waals surface area contributed by atoms with Crippen LogP contribution in [0.4, 0.5) is 22.7 Å². The number of hydrogen-bond acceptors (Lipinski definition) is 3. The molecule has 3 heterocycles. The molecule has 0 atom stereocenters. The Morgan fingerprint density at radius 1 is 0.416 bits per heavy atom. The van der Waals surface area contributed by atoms with E-state index in [1.807, 2.05) is 6.20 Å². The summed E-state index contributed by atoms with van der Waals surface area (Å²) in [5, 5.41) is 7.80. The molecule has 0 spiro atoms. The van der Waals surface area contributed by atoms with Gasteiger partial charge >= 0.3 is 0 Å². The Bertz CT molecular complexity index is 3740. The number of nitrogens with zero attached hydrogens (tertiary/aromatic N) is 4. The minimum Gasteiger partial charge on any atom is -0.321 e. The zero-order chi connectivity index (χ0) is 54.2. The monoisotopic (exact) mass is 1020 g/mol. The molecule has 11 rings (SSSR count). The summed E-state index contributed by atoms with van der Waals surface area (Å²) in [6, 6.07) is 74.7. The molecule has 1 aliphatic rings. The lowest BCUT2D eigenvalue weighted by Crippen LogP contribution is -2.74. The van der Waals surface area contributed by atoms with Crippen LogP contribution in [0.25, 0.3) is 38.8 Å². The smallest absolute Gasteiger partial charge is 0.179 e. The topological polar surface area (TPSA) is 24.3 Å². The molecule has 0 aliphatic carbocycles. The van der Waals surface area contributed by atoms with E-state index in [-0.39, 0.29) is 16.2 Å². The predicted molar refractivity (Wildman–Crippen MR) is 334 cm³/mol. The second-order valence-corrected chi connectivity index (χ2v) is 29.2. The Hall–Kier alpha value is -7.47. The lowest BCUT2D eigenvalue weighted by molar-refractivity contribution is 0.590. The van der Waals surface area contributed by atoms with Gasteiger partial charge in [-0.25, -0.2) is 4.98 Å². The maximum Gasteiger partial charge on any atom is 0.179 e. The van der Waals surface area contributed by atoms with Gasteiger partial charge in [0, 0.05) is 28.3 Å². The molecule has 1 aliphatic heterocycles. The van der Waals surface area contributed by atoms with Gasteiger partial charge in [0.1, 0.15) is 12.5 Å². The number of pyridine rings is 1. The number of anilines is 4. The number of aromatic nitrogens is 2. The van der Waals surface area contributed by atoms with Crippen molar-refractivity contribution in [3.63, 3.8) is 0 Å². The molecule has 0 unspecified atom stereocenters. The molecule has 0 N–H and O–H groups in total. The Labute approximate surface area is 460 Å². The van der Waals surface area contributed by atoms with E-state index in [9.17, 15) is 0 Å². The molecule has 2 aromatic heterocycles. The van der Waals surface area contributed by atoms with Gasteiger partial charge < -0.3 is 9.80 Å². The number of para-hydroxylation sites is 1. The molecule has 0 radical (unpaired) electrons. The average Bonchev–Trinajstić information content (AvgIpc) is 4.06. The van der Waals surface area contributed by atoms with Gasteiger partial charge in [0.25, 0.3) is 0 Å². The molecular formula is C72H76N4Si. The summed E-state index contributed by atoms with van der Waals surface area (Å²) in [4.78, 5) is 10.4. The van der Waals surface area contributed by atoms with Crippen molar-refractivity contribution in [3.05, 3.63) is 228 Å². The second kappa shape index (κ2) is 19.5. The minimum absolute atomic E-state index is 0.0161. The maximum absolute atomic E-state index is 5.27. The maximum atomic E-state index is 5.27. The zero-order valence-electron chi connectivity index (χ0n) is 47.7. The molecule has 4 nitrogen and oxygen atoms in total. The minimum atomic E-state index is -3.20. The van der Waals surface area contributed by atoms with E-state index in [0.29, 0.717) is 18.5 Å². The third-order valence-electron chi connectivity index (χ3n) is 16.4. The van der Waals surface area contributed by atoms with E-state index < -0.39 is 8.07 Å². The van der Waals surface area contributed by atoms with Crippen molar-refractivity contribution in [1.82, 2.24) is 9.55 Å². The van der Waals surface area contributed by atoms with Crippen molar-refractivity contribution >= 4 is 73.4 Å². The van der Waals surface area contributed by atoms with Crippen LogP contribution < -0.4 is 30.5 Å². The summed E-state index contributed by atoms with van der Waals surface area (Å²) in [7, 11) is -3.20. The first-order valence-electron chi connectivity index (χ1n) is 27.9. The molecule has 77 heavy (non-hydrogen) atoms. The Morgan fingerprint density at radius 2 is 0.987 bits per heavy atom. The summed E-state index contributed by atoms with van der Waals surface area (Å²) in [5.41, 5.74) is 16.2. The van der Waals surface area contributed by atoms with E-state index in [0.717, 1.165) is 16.9 Å². The quantitative estimate of drug-likeness (QED) is 0.101. The fourth-order valence-corrected chi connectivity index (χ4v) is 16.9. The summed E-state index contributed by atoms with van der Waals surface area (Å²) >= 11 is 0. The number of benzene rings is 8. The van der Waals surface area contributed by atoms with Crippen LogP contribution in [0.1, 0.15) is 130 Å². The summed E-state index contributed by atoms with van der Waals surface area (Å²) < 4.78 is 2.44. The van der Waals surface area contributed by atoms with Crippen molar-refractivity contribution in [1.29, 1.82) is 0 Å². The Morgan fingerprint density at radius 3 is 1.62 bits per heavy atom. The second-order valence-electron chi connectivity index (χ2n) is 25.4. The molecule has 5 heteroatoms. The highest BCUT2D eigenvalue weighted by Gasteiger charge is 2.44. The number of hydrogen-bond donors (Lipinski definition) is 0. The van der Waals surface area contributed by atoms with Gasteiger partial charge in [-0.1, -0.05) is 223 Å². The molecule has 0 fully saturated rings. The normalized spacial score (nSPS) is 13.4. The molecular weight excluding hydrogens is 949 g/mol. The van der Waals surface area contributed by atoms with Crippen molar-refractivity contribution in [2.75, 3.05) is 16.5 Å². The molecule has 8 aromatic carbocycles. The van der Waals surface area contributed by atoms with Crippen LogP contribution in [0, 0.1) is 0 Å². The van der Waals surface area contributed by atoms with Crippen LogP contribution in [0.3, 0.4) is 0 Å².